The van der Waals surface area contributed by atoms with Gasteiger partial charge < -0.3 is 60.0 Å². The average Bonchev–Trinajstić information content (AvgIpc) is 4.04. The predicted octanol–water partition coefficient (Wildman–Crippen LogP) is 5.77. The minimum atomic E-state index is -0.993. The lowest BCUT2D eigenvalue weighted by atomic mass is 9.85. The lowest BCUT2D eigenvalue weighted by Crippen LogP contribution is -2.58. The van der Waals surface area contributed by atoms with Crippen molar-refractivity contribution in [2.45, 2.75) is 84.8 Å². The number of amides is 5. The summed E-state index contributed by atoms with van der Waals surface area (Å²) >= 11 is 5.06. The van der Waals surface area contributed by atoms with Crippen LogP contribution in [0, 0.1) is 12.3 Å². The molecule has 7 rings (SSSR count). The van der Waals surface area contributed by atoms with Crippen LogP contribution < -0.4 is 35.8 Å². The van der Waals surface area contributed by atoms with Gasteiger partial charge in [-0.2, -0.15) is 4.98 Å². The van der Waals surface area contributed by atoms with Gasteiger partial charge in [-0.25, -0.2) is 9.97 Å². The molecule has 0 bridgehead atoms. The van der Waals surface area contributed by atoms with E-state index in [1.165, 1.54) is 12.0 Å². The Balaban J connectivity index is 0.788. The van der Waals surface area contributed by atoms with Gasteiger partial charge >= 0.3 is 0 Å². The van der Waals surface area contributed by atoms with Gasteiger partial charge in [0.1, 0.15) is 36.2 Å². The van der Waals surface area contributed by atoms with E-state index in [-0.39, 0.29) is 83.4 Å². The van der Waals surface area contributed by atoms with Crippen molar-refractivity contribution in [1.82, 2.24) is 35.8 Å². The van der Waals surface area contributed by atoms with Gasteiger partial charge in [0.2, 0.25) is 29.6 Å². The Morgan fingerprint density at radius 1 is 0.921 bits per heavy atom. The van der Waals surface area contributed by atoms with Gasteiger partial charge in [-0.1, -0.05) is 80.0 Å². The van der Waals surface area contributed by atoms with Crippen molar-refractivity contribution < 1.29 is 48.0 Å². The number of β-amino-alcohol motifs (C(OH)–C–C–N with tert-alkyl or cyclic N) is 1. The van der Waals surface area contributed by atoms with E-state index in [1.807, 2.05) is 88.0 Å². The summed E-state index contributed by atoms with van der Waals surface area (Å²) in [7, 11) is 3.23. The van der Waals surface area contributed by atoms with E-state index in [0.29, 0.717) is 47.4 Å². The Morgan fingerprint density at radius 2 is 1.62 bits per heavy atom. The lowest BCUT2D eigenvalue weighted by Gasteiger charge is -2.40. The van der Waals surface area contributed by atoms with Gasteiger partial charge in [-0.15, -0.1) is 11.3 Å². The number of benzene rings is 3. The number of hydrogen-bond donors (Lipinski definition) is 5. The first-order valence-electron chi connectivity index (χ1n) is 25.1. The maximum Gasteiger partial charge on any atom is 0.251 e. The minimum absolute atomic E-state index is 0.0327. The number of nitrogens with one attached hydrogen (secondary N) is 4. The molecule has 3 aromatic carbocycles. The number of ether oxygens (including phenoxy) is 4. The summed E-state index contributed by atoms with van der Waals surface area (Å²) in [6, 6.07) is 18.5. The molecule has 4 atom stereocenters. The number of methoxy groups -OCH3 is 1. The number of rotatable bonds is 24. The van der Waals surface area contributed by atoms with Crippen LogP contribution in [0.1, 0.15) is 67.7 Å². The number of nitrogens with zero attached hydrogens (tertiary/aromatic N) is 6. The van der Waals surface area contributed by atoms with Crippen molar-refractivity contribution in [2.75, 3.05) is 82.0 Å². The summed E-state index contributed by atoms with van der Waals surface area (Å²) in [6.07, 6.45) is 1.40. The van der Waals surface area contributed by atoms with Gasteiger partial charge in [0.15, 0.2) is 5.82 Å². The Hall–Kier alpha value is -6.56. The smallest absolute Gasteiger partial charge is 0.251 e. The number of anilines is 4. The molecule has 0 radical (unpaired) electrons. The number of carbonyl (C=O) groups is 5. The molecule has 0 aliphatic carbocycles. The SMILES string of the molecule is CC[C@@H]1C(=O)N(C)c2cnc(Nc3ccc(C(=O)NCCOCCOCCOCC(=O)NC(C(=O)N4C[C@H](O)C[C@H]4C(=O)NCc4ccc(-c5scnc5C)cc4)C(C)(C)C)cc3OC)nc2N1Cc1ccc(Br)cc1. The molecule has 2 aliphatic heterocycles. The molecule has 5 aromatic rings. The maximum atomic E-state index is 14.0. The molecule has 1 fully saturated rings. The van der Waals surface area contributed by atoms with Gasteiger partial charge in [0, 0.05) is 49.7 Å². The molecular weight excluding hydrogens is 1060 g/mol. The van der Waals surface area contributed by atoms with Gasteiger partial charge in [-0.05, 0) is 65.8 Å². The number of aliphatic hydroxyl groups is 1. The maximum absolute atomic E-state index is 14.0. The summed E-state index contributed by atoms with van der Waals surface area (Å²) in [5, 5.41) is 22.3. The molecule has 5 amide bonds. The zero-order chi connectivity index (χ0) is 54.5. The van der Waals surface area contributed by atoms with E-state index < -0.39 is 41.5 Å². The fourth-order valence-electron chi connectivity index (χ4n) is 8.85. The van der Waals surface area contributed by atoms with E-state index in [9.17, 15) is 29.1 Å². The number of aryl methyl sites for hydroxylation is 1. The highest BCUT2D eigenvalue weighted by molar-refractivity contribution is 9.10. The highest BCUT2D eigenvalue weighted by atomic mass is 79.9. The van der Waals surface area contributed by atoms with E-state index in [2.05, 4.69) is 47.2 Å². The predicted molar refractivity (Wildman–Crippen MR) is 293 cm³/mol. The lowest BCUT2D eigenvalue weighted by molar-refractivity contribution is -0.144. The normalized spacial score (nSPS) is 16.8. The Bertz CT molecular complexity index is 2810. The number of halogens is 1. The fraction of sp³-hybridized carbons (Fsp3) is 0.444. The number of fused-ring (bicyclic) bond motifs is 1. The Kier molecular flexibility index (Phi) is 19.9. The quantitative estimate of drug-likeness (QED) is 0.0461. The molecule has 4 heterocycles. The van der Waals surface area contributed by atoms with Crippen molar-refractivity contribution in [3.63, 3.8) is 0 Å². The molecule has 406 valence electrons. The molecule has 20 nitrogen and oxygen atoms in total. The van der Waals surface area contributed by atoms with Crippen LogP contribution in [0.5, 0.6) is 5.75 Å². The van der Waals surface area contributed by atoms with Gasteiger partial charge in [0.25, 0.3) is 5.91 Å². The molecule has 0 saturated carbocycles. The topological polar surface area (TPSA) is 239 Å². The van der Waals surface area contributed by atoms with Crippen LogP contribution in [0.25, 0.3) is 10.4 Å². The van der Waals surface area contributed by atoms with Crippen LogP contribution in [0.2, 0.25) is 0 Å². The summed E-state index contributed by atoms with van der Waals surface area (Å²) in [4.78, 5) is 86.6. The molecule has 22 heteroatoms. The first-order valence-corrected chi connectivity index (χ1v) is 26.8. The summed E-state index contributed by atoms with van der Waals surface area (Å²) in [5.74, 6) is -0.418. The number of aromatic nitrogens is 3. The largest absolute Gasteiger partial charge is 0.495 e. The molecular formula is C54H67BrN10O10S. The highest BCUT2D eigenvalue weighted by Crippen LogP contribution is 2.37. The average molecular weight is 1130 g/mol. The number of aliphatic hydroxyl groups excluding tert-OH is 1. The number of carbonyl (C=O) groups excluding carboxylic acids is 5. The number of likely N-dealkylation sites (N-methyl/N-ethyl adjacent to an activating group) is 1. The van der Waals surface area contributed by atoms with E-state index in [1.54, 1.807) is 53.2 Å². The second kappa shape index (κ2) is 26.5. The number of thiazole rings is 1. The van der Waals surface area contributed by atoms with E-state index in [4.69, 9.17) is 23.9 Å². The van der Waals surface area contributed by atoms with Crippen molar-refractivity contribution in [2.24, 2.45) is 5.41 Å². The number of likely N-dealkylation sites (tertiary alicyclic amines) is 1. The van der Waals surface area contributed by atoms with Crippen molar-refractivity contribution in [1.29, 1.82) is 0 Å². The zero-order valence-corrected chi connectivity index (χ0v) is 46.3. The van der Waals surface area contributed by atoms with Crippen LogP contribution in [0.4, 0.5) is 23.1 Å². The van der Waals surface area contributed by atoms with Crippen LogP contribution in [0.3, 0.4) is 0 Å². The van der Waals surface area contributed by atoms with Crippen molar-refractivity contribution >= 4 is 79.9 Å². The van der Waals surface area contributed by atoms with Crippen LogP contribution in [-0.2, 0) is 46.5 Å². The molecule has 5 N–H and O–H groups in total. The van der Waals surface area contributed by atoms with Crippen molar-refractivity contribution in [3.8, 4) is 16.2 Å². The highest BCUT2D eigenvalue weighted by Gasteiger charge is 2.44. The fourth-order valence-corrected chi connectivity index (χ4v) is 9.92. The third kappa shape index (κ3) is 14.7. The third-order valence-corrected chi connectivity index (χ3v) is 14.5. The zero-order valence-electron chi connectivity index (χ0n) is 43.9. The van der Waals surface area contributed by atoms with E-state index >= 15 is 0 Å². The van der Waals surface area contributed by atoms with Gasteiger partial charge in [-0.3, -0.25) is 24.0 Å². The van der Waals surface area contributed by atoms with E-state index in [0.717, 1.165) is 31.7 Å². The second-order valence-electron chi connectivity index (χ2n) is 19.5. The second-order valence-corrected chi connectivity index (χ2v) is 21.3. The summed E-state index contributed by atoms with van der Waals surface area (Å²) < 4.78 is 23.4. The minimum Gasteiger partial charge on any atom is -0.495 e. The molecule has 1 unspecified atom stereocenters. The molecule has 0 spiro atoms. The Labute approximate surface area is 455 Å². The summed E-state index contributed by atoms with van der Waals surface area (Å²) in [5.41, 5.74) is 6.48. The standard InChI is InChI=1S/C54H67BrN10O10S/c1-8-41-51(70)63(6)43-28-58-53(62-48(43)64(41)29-35-11-16-38(55)17-12-35)60-40-18-15-37(25-44(40)72-7)49(68)56-19-20-73-21-22-74-23-24-75-31-45(67)61-47(54(3,4)5)52(71)65-30-39(66)26-42(65)50(69)57-27-34-9-13-36(14-10-34)46-33(2)59-32-76-46/h9-18,25,28,32,39,41-42,47,66H,8,19-24,26-27,29-31H2,1-7H3,(H,56,68)(H,57,69)(H,61,67)(H,58,60,62)/t39-,41-,42+,47?/m1/s1. The number of hydrogen-bond acceptors (Lipinski definition) is 16. The molecule has 2 aromatic heterocycles. The Morgan fingerprint density at radius 3 is 2.29 bits per heavy atom. The first-order chi connectivity index (χ1) is 36.4. The van der Waals surface area contributed by atoms with Crippen LogP contribution in [0.15, 0.2) is 82.9 Å². The van der Waals surface area contributed by atoms with Crippen LogP contribution in [-0.4, -0.2) is 146 Å². The van der Waals surface area contributed by atoms with Crippen LogP contribution >= 0.6 is 27.3 Å². The first kappa shape index (κ1) is 57.2. The summed E-state index contributed by atoms with van der Waals surface area (Å²) in [6.45, 7) is 11.0. The third-order valence-electron chi connectivity index (χ3n) is 13.0. The van der Waals surface area contributed by atoms with Crippen molar-refractivity contribution in [3.05, 3.63) is 105 Å². The molecule has 1 saturated heterocycles. The molecule has 2 aliphatic rings. The molecule has 76 heavy (non-hydrogen) atoms. The van der Waals surface area contributed by atoms with Gasteiger partial charge in [0.05, 0.1) is 74.2 Å². The monoisotopic (exact) mass is 1130 g/mol.